The van der Waals surface area contributed by atoms with Gasteiger partial charge in [-0.15, -0.1) is 0 Å². The van der Waals surface area contributed by atoms with E-state index < -0.39 is 0 Å². The Morgan fingerprint density at radius 1 is 0.938 bits per heavy atom. The van der Waals surface area contributed by atoms with Gasteiger partial charge < -0.3 is 0 Å². The van der Waals surface area contributed by atoms with E-state index in [0.717, 1.165) is 0 Å². The first-order chi connectivity index (χ1) is 7.86. The molecule has 0 radical (unpaired) electrons. The Bertz CT molecular complexity index is 589. The molecule has 0 amide bonds. The molecule has 0 fully saturated rings. The molecule has 1 heterocycles. The normalized spacial score (nSPS) is 9.12. The molecule has 0 bridgehead atoms. The smallest absolute Gasteiger partial charge is 0.101 e. The Labute approximate surface area is 93.2 Å². The van der Waals surface area contributed by atoms with Crippen molar-refractivity contribution < 1.29 is 0 Å². The average molecular weight is 205 g/mol. The Morgan fingerprint density at radius 2 is 1.81 bits per heavy atom. The fourth-order valence-electron chi connectivity index (χ4n) is 1.50. The maximum atomic E-state index is 9.06. The molecule has 3 nitrogen and oxygen atoms in total. The van der Waals surface area contributed by atoms with Crippen molar-refractivity contribution in [1.29, 1.82) is 10.5 Å². The minimum absolute atomic E-state index is 0.378. The molecule has 2 aromatic rings. The fourth-order valence-corrected chi connectivity index (χ4v) is 1.50. The van der Waals surface area contributed by atoms with E-state index >= 15 is 0 Å². The summed E-state index contributed by atoms with van der Waals surface area (Å²) in [5.41, 5.74) is 2.16. The molecule has 2 rings (SSSR count). The number of aromatic nitrogens is 1. The number of benzene rings is 1. The molecule has 74 valence electrons. The molecule has 0 aliphatic rings. The summed E-state index contributed by atoms with van der Waals surface area (Å²) in [6.45, 7) is 0. The highest BCUT2D eigenvalue weighted by Gasteiger charge is 2.09. The molecule has 3 heteroatoms. The predicted molar refractivity (Wildman–Crippen MR) is 59.1 cm³/mol. The zero-order chi connectivity index (χ0) is 11.4. The van der Waals surface area contributed by atoms with Gasteiger partial charge in [0, 0.05) is 11.8 Å². The van der Waals surface area contributed by atoms with E-state index in [1.54, 1.807) is 24.4 Å². The van der Waals surface area contributed by atoms with Gasteiger partial charge in [-0.2, -0.15) is 10.5 Å². The van der Waals surface area contributed by atoms with E-state index in [9.17, 15) is 0 Å². The summed E-state index contributed by atoms with van der Waals surface area (Å²) >= 11 is 0. The second kappa shape index (κ2) is 4.25. The Hall–Kier alpha value is -2.65. The molecule has 0 saturated heterocycles. The Morgan fingerprint density at radius 3 is 2.44 bits per heavy atom. The summed E-state index contributed by atoms with van der Waals surface area (Å²) in [5, 5.41) is 18.0. The third-order valence-corrected chi connectivity index (χ3v) is 2.24. The molecule has 16 heavy (non-hydrogen) atoms. The lowest BCUT2D eigenvalue weighted by atomic mass is 10.00. The largest absolute Gasteiger partial charge is 0.256 e. The van der Waals surface area contributed by atoms with Gasteiger partial charge in [0.05, 0.1) is 16.8 Å². The molecule has 0 N–H and O–H groups in total. The van der Waals surface area contributed by atoms with Gasteiger partial charge in [0.2, 0.25) is 0 Å². The number of rotatable bonds is 1. The van der Waals surface area contributed by atoms with Crippen LogP contribution < -0.4 is 0 Å². The van der Waals surface area contributed by atoms with Crippen molar-refractivity contribution in [2.45, 2.75) is 0 Å². The lowest BCUT2D eigenvalue weighted by Crippen LogP contribution is -1.90. The topological polar surface area (TPSA) is 60.5 Å². The van der Waals surface area contributed by atoms with Gasteiger partial charge in [0.15, 0.2) is 0 Å². The Balaban J connectivity index is 2.69. The molecule has 0 aliphatic carbocycles. The maximum Gasteiger partial charge on any atom is 0.101 e. The van der Waals surface area contributed by atoms with Gasteiger partial charge in [-0.3, -0.25) is 4.98 Å². The summed E-state index contributed by atoms with van der Waals surface area (Å²) in [6, 6.07) is 14.7. The summed E-state index contributed by atoms with van der Waals surface area (Å²) in [6.07, 6.45) is 1.66. The van der Waals surface area contributed by atoms with Gasteiger partial charge in [0.1, 0.15) is 12.1 Å². The fraction of sp³-hybridized carbons (Fsp3) is 0. The van der Waals surface area contributed by atoms with E-state index in [4.69, 9.17) is 10.5 Å². The molecule has 0 aliphatic heterocycles. The lowest BCUT2D eigenvalue weighted by Gasteiger charge is -2.03. The lowest BCUT2D eigenvalue weighted by molar-refractivity contribution is 1.31. The average Bonchev–Trinajstić information content (AvgIpc) is 2.38. The van der Waals surface area contributed by atoms with Crippen LogP contribution in [-0.4, -0.2) is 4.98 Å². The molecule has 0 saturated carbocycles. The van der Waals surface area contributed by atoms with Crippen LogP contribution in [0.25, 0.3) is 11.3 Å². The van der Waals surface area contributed by atoms with Gasteiger partial charge in [-0.05, 0) is 18.2 Å². The summed E-state index contributed by atoms with van der Waals surface area (Å²) < 4.78 is 0. The summed E-state index contributed by atoms with van der Waals surface area (Å²) in [5.74, 6) is 0. The zero-order valence-electron chi connectivity index (χ0n) is 8.38. The van der Waals surface area contributed by atoms with Crippen molar-refractivity contribution in [2.75, 3.05) is 0 Å². The first kappa shape index (κ1) is 9.89. The second-order valence-electron chi connectivity index (χ2n) is 3.17. The molecule has 0 spiro atoms. The summed E-state index contributed by atoms with van der Waals surface area (Å²) in [7, 11) is 0. The van der Waals surface area contributed by atoms with Crippen LogP contribution in [0.2, 0.25) is 0 Å². The minimum Gasteiger partial charge on any atom is -0.256 e. The van der Waals surface area contributed by atoms with Crippen LogP contribution in [-0.2, 0) is 0 Å². The maximum absolute atomic E-state index is 9.06. The van der Waals surface area contributed by atoms with Crippen molar-refractivity contribution in [3.8, 4) is 23.4 Å². The van der Waals surface area contributed by atoms with Crippen molar-refractivity contribution in [2.24, 2.45) is 0 Å². The van der Waals surface area contributed by atoms with E-state index in [1.165, 1.54) is 0 Å². The summed E-state index contributed by atoms with van der Waals surface area (Å²) in [4.78, 5) is 4.17. The second-order valence-corrected chi connectivity index (χ2v) is 3.17. The van der Waals surface area contributed by atoms with Gasteiger partial charge in [0.25, 0.3) is 0 Å². The van der Waals surface area contributed by atoms with E-state index in [1.807, 2.05) is 24.3 Å². The number of hydrogen-bond acceptors (Lipinski definition) is 3. The Kier molecular flexibility index (Phi) is 2.63. The number of hydrogen-bond donors (Lipinski definition) is 0. The van der Waals surface area contributed by atoms with Crippen molar-refractivity contribution >= 4 is 0 Å². The van der Waals surface area contributed by atoms with Crippen LogP contribution in [0, 0.1) is 22.7 Å². The molecular formula is C13H7N3. The van der Waals surface area contributed by atoms with E-state index in [0.29, 0.717) is 22.4 Å². The number of nitrogens with zero attached hydrogens (tertiary/aromatic N) is 3. The van der Waals surface area contributed by atoms with Crippen molar-refractivity contribution in [1.82, 2.24) is 4.98 Å². The highest BCUT2D eigenvalue weighted by molar-refractivity contribution is 5.70. The number of pyridine rings is 1. The molecule has 1 aromatic heterocycles. The zero-order valence-corrected chi connectivity index (χ0v) is 8.38. The molecule has 1 aromatic carbocycles. The van der Waals surface area contributed by atoms with Crippen LogP contribution in [0.3, 0.4) is 0 Å². The van der Waals surface area contributed by atoms with Crippen molar-refractivity contribution in [3.05, 3.63) is 53.7 Å². The van der Waals surface area contributed by atoms with Gasteiger partial charge in [-0.25, -0.2) is 0 Å². The van der Waals surface area contributed by atoms with Gasteiger partial charge >= 0.3 is 0 Å². The standard InChI is InChI=1S/C13H7N3/c14-8-10-4-3-5-11(12(10)9-15)13-6-1-2-7-16-13/h1-7H. The minimum atomic E-state index is 0.378. The van der Waals surface area contributed by atoms with Gasteiger partial charge in [-0.1, -0.05) is 18.2 Å². The van der Waals surface area contributed by atoms with Crippen LogP contribution in [0.15, 0.2) is 42.6 Å². The third-order valence-electron chi connectivity index (χ3n) is 2.24. The van der Waals surface area contributed by atoms with Crippen LogP contribution in [0.1, 0.15) is 11.1 Å². The molecule has 0 atom stereocenters. The number of nitriles is 2. The van der Waals surface area contributed by atoms with E-state index in [-0.39, 0.29) is 0 Å². The molecule has 0 unspecified atom stereocenters. The van der Waals surface area contributed by atoms with Crippen LogP contribution >= 0.6 is 0 Å². The SMILES string of the molecule is N#Cc1cccc(-c2ccccn2)c1C#N. The van der Waals surface area contributed by atoms with Crippen LogP contribution in [0.4, 0.5) is 0 Å². The first-order valence-corrected chi connectivity index (χ1v) is 4.71. The highest BCUT2D eigenvalue weighted by Crippen LogP contribution is 2.23. The quantitative estimate of drug-likeness (QED) is 0.718. The monoisotopic (exact) mass is 205 g/mol. The van der Waals surface area contributed by atoms with Crippen molar-refractivity contribution in [3.63, 3.8) is 0 Å². The van der Waals surface area contributed by atoms with Crippen LogP contribution in [0.5, 0.6) is 0 Å². The highest BCUT2D eigenvalue weighted by atomic mass is 14.7. The van der Waals surface area contributed by atoms with E-state index in [2.05, 4.69) is 11.1 Å². The molecular weight excluding hydrogens is 198 g/mol. The predicted octanol–water partition coefficient (Wildman–Crippen LogP) is 2.49. The first-order valence-electron chi connectivity index (χ1n) is 4.71. The third kappa shape index (κ3) is 1.63.